The topological polar surface area (TPSA) is 41.6 Å². The summed E-state index contributed by atoms with van der Waals surface area (Å²) >= 11 is 1.84. The highest BCUT2D eigenvalue weighted by Crippen LogP contribution is 2.33. The van der Waals surface area contributed by atoms with Crippen molar-refractivity contribution in [2.75, 3.05) is 16.8 Å². The standard InChI is InChI=1S/C22H20N2O2S/c25-22(20-13-15-5-1-4-8-19(15)26-20)23-17-6-2-3-7-18(17)24-11-9-21-16(14-24)10-12-27-21/h1-8,10,12,20H,9,11,13-14H2,(H,23,25). The van der Waals surface area contributed by atoms with Gasteiger partial charge in [-0.05, 0) is 47.2 Å². The number of anilines is 2. The van der Waals surface area contributed by atoms with Gasteiger partial charge in [0.2, 0.25) is 0 Å². The minimum atomic E-state index is -0.472. The van der Waals surface area contributed by atoms with Gasteiger partial charge in [-0.15, -0.1) is 11.3 Å². The Morgan fingerprint density at radius 3 is 2.85 bits per heavy atom. The van der Waals surface area contributed by atoms with Gasteiger partial charge >= 0.3 is 0 Å². The fourth-order valence-electron chi connectivity index (χ4n) is 3.85. The Bertz CT molecular complexity index is 972. The molecule has 1 amide bonds. The van der Waals surface area contributed by atoms with Crippen molar-refractivity contribution in [3.8, 4) is 5.75 Å². The molecule has 2 aromatic carbocycles. The van der Waals surface area contributed by atoms with Crippen molar-refractivity contribution in [3.05, 3.63) is 76.0 Å². The molecule has 1 aromatic heterocycles. The Balaban J connectivity index is 1.34. The first-order chi connectivity index (χ1) is 13.3. The minimum Gasteiger partial charge on any atom is -0.480 e. The minimum absolute atomic E-state index is 0.0909. The molecular formula is C22H20N2O2S. The molecule has 1 N–H and O–H groups in total. The van der Waals surface area contributed by atoms with E-state index in [1.54, 1.807) is 0 Å². The second-order valence-corrected chi connectivity index (χ2v) is 7.97. The Morgan fingerprint density at radius 1 is 1.07 bits per heavy atom. The van der Waals surface area contributed by atoms with Crippen LogP contribution >= 0.6 is 11.3 Å². The van der Waals surface area contributed by atoms with Crippen LogP contribution in [0.2, 0.25) is 0 Å². The van der Waals surface area contributed by atoms with Crippen LogP contribution < -0.4 is 15.0 Å². The van der Waals surface area contributed by atoms with Crippen molar-refractivity contribution in [3.63, 3.8) is 0 Å². The molecule has 0 bridgehead atoms. The molecule has 1 atom stereocenters. The highest BCUT2D eigenvalue weighted by molar-refractivity contribution is 7.10. The fourth-order valence-corrected chi connectivity index (χ4v) is 4.74. The van der Waals surface area contributed by atoms with Gasteiger partial charge in [0.1, 0.15) is 5.75 Å². The van der Waals surface area contributed by atoms with E-state index in [1.165, 1.54) is 10.4 Å². The van der Waals surface area contributed by atoms with Crippen molar-refractivity contribution in [2.24, 2.45) is 0 Å². The molecule has 0 aliphatic carbocycles. The van der Waals surface area contributed by atoms with Crippen LogP contribution in [0.4, 0.5) is 11.4 Å². The molecule has 4 nitrogen and oxygen atoms in total. The third-order valence-electron chi connectivity index (χ3n) is 5.25. The number of nitrogens with zero attached hydrogens (tertiary/aromatic N) is 1. The van der Waals surface area contributed by atoms with E-state index < -0.39 is 6.10 Å². The number of nitrogens with one attached hydrogen (secondary N) is 1. The van der Waals surface area contributed by atoms with E-state index in [-0.39, 0.29) is 5.91 Å². The van der Waals surface area contributed by atoms with Gasteiger partial charge in [0, 0.05) is 24.4 Å². The van der Waals surface area contributed by atoms with Crippen LogP contribution in [0.25, 0.3) is 0 Å². The zero-order chi connectivity index (χ0) is 18.2. The average molecular weight is 376 g/mol. The largest absolute Gasteiger partial charge is 0.480 e. The number of hydrogen-bond acceptors (Lipinski definition) is 4. The number of thiophene rings is 1. The summed E-state index contributed by atoms with van der Waals surface area (Å²) in [5.74, 6) is 0.721. The van der Waals surface area contributed by atoms with E-state index in [4.69, 9.17) is 4.74 Å². The maximum atomic E-state index is 12.8. The number of hydrogen-bond donors (Lipinski definition) is 1. The molecule has 5 rings (SSSR count). The number of carbonyl (C=O) groups is 1. The Kier molecular flexibility index (Phi) is 4.09. The van der Waals surface area contributed by atoms with E-state index in [0.717, 1.165) is 42.2 Å². The summed E-state index contributed by atoms with van der Waals surface area (Å²) in [6.07, 6.45) is 1.20. The maximum absolute atomic E-state index is 12.8. The van der Waals surface area contributed by atoms with Crippen molar-refractivity contribution in [1.29, 1.82) is 0 Å². The molecule has 0 saturated heterocycles. The van der Waals surface area contributed by atoms with Gasteiger partial charge in [-0.1, -0.05) is 30.3 Å². The predicted octanol–water partition coefficient (Wildman–Crippen LogP) is 4.25. The number of benzene rings is 2. The Labute approximate surface area is 162 Å². The lowest BCUT2D eigenvalue weighted by atomic mass is 10.1. The van der Waals surface area contributed by atoms with Gasteiger partial charge in [0.05, 0.1) is 11.4 Å². The van der Waals surface area contributed by atoms with Crippen LogP contribution in [-0.4, -0.2) is 18.6 Å². The van der Waals surface area contributed by atoms with Crippen LogP contribution in [0.1, 0.15) is 16.0 Å². The molecule has 3 heterocycles. The third kappa shape index (κ3) is 3.08. The van der Waals surface area contributed by atoms with Gasteiger partial charge < -0.3 is 15.0 Å². The van der Waals surface area contributed by atoms with Crippen molar-refractivity contribution < 1.29 is 9.53 Å². The average Bonchev–Trinajstić information content (AvgIpc) is 3.34. The van der Waals surface area contributed by atoms with Crippen molar-refractivity contribution in [1.82, 2.24) is 0 Å². The summed E-state index contributed by atoms with van der Waals surface area (Å²) in [6.45, 7) is 1.85. The molecule has 136 valence electrons. The summed E-state index contributed by atoms with van der Waals surface area (Å²) in [6, 6.07) is 18.1. The molecule has 0 radical (unpaired) electrons. The lowest BCUT2D eigenvalue weighted by molar-refractivity contribution is -0.122. The molecule has 0 spiro atoms. The molecule has 27 heavy (non-hydrogen) atoms. The van der Waals surface area contributed by atoms with Gasteiger partial charge in [-0.25, -0.2) is 0 Å². The molecule has 3 aromatic rings. The zero-order valence-electron chi connectivity index (χ0n) is 14.9. The van der Waals surface area contributed by atoms with Crippen molar-refractivity contribution >= 4 is 28.6 Å². The van der Waals surface area contributed by atoms with Crippen molar-refractivity contribution in [2.45, 2.75) is 25.5 Å². The Morgan fingerprint density at radius 2 is 1.93 bits per heavy atom. The molecule has 5 heteroatoms. The van der Waals surface area contributed by atoms with E-state index in [0.29, 0.717) is 6.42 Å². The lowest BCUT2D eigenvalue weighted by Crippen LogP contribution is -2.33. The fraction of sp³-hybridized carbons (Fsp3) is 0.227. The van der Waals surface area contributed by atoms with Crippen LogP contribution in [0.15, 0.2) is 60.0 Å². The summed E-state index contributed by atoms with van der Waals surface area (Å²) < 4.78 is 5.84. The lowest BCUT2D eigenvalue weighted by Gasteiger charge is -2.30. The summed E-state index contributed by atoms with van der Waals surface area (Å²) in [5.41, 5.74) is 4.40. The Hall–Kier alpha value is -2.79. The van der Waals surface area contributed by atoms with Crippen LogP contribution in [0, 0.1) is 0 Å². The SMILES string of the molecule is O=C(Nc1ccccc1N1CCc2sccc2C1)C1Cc2ccccc2O1. The van der Waals surface area contributed by atoms with E-state index in [9.17, 15) is 4.79 Å². The van der Waals surface area contributed by atoms with Crippen LogP contribution in [0.5, 0.6) is 5.75 Å². The van der Waals surface area contributed by atoms with Gasteiger partial charge in [0.25, 0.3) is 5.91 Å². The van der Waals surface area contributed by atoms with E-state index in [1.807, 2.05) is 53.8 Å². The number of fused-ring (bicyclic) bond motifs is 2. The van der Waals surface area contributed by atoms with E-state index in [2.05, 4.69) is 27.7 Å². The van der Waals surface area contributed by atoms with Gasteiger partial charge in [0.15, 0.2) is 6.10 Å². The summed E-state index contributed by atoms with van der Waals surface area (Å²) in [5, 5.41) is 5.26. The van der Waals surface area contributed by atoms with E-state index >= 15 is 0 Å². The smallest absolute Gasteiger partial charge is 0.265 e. The number of amides is 1. The first-order valence-corrected chi connectivity index (χ1v) is 10.1. The maximum Gasteiger partial charge on any atom is 0.265 e. The van der Waals surface area contributed by atoms with Gasteiger partial charge in [-0.3, -0.25) is 4.79 Å². The second-order valence-electron chi connectivity index (χ2n) is 6.97. The van der Waals surface area contributed by atoms with Gasteiger partial charge in [-0.2, -0.15) is 0 Å². The molecule has 1 unspecified atom stereocenters. The number of ether oxygens (including phenoxy) is 1. The summed E-state index contributed by atoms with van der Waals surface area (Å²) in [7, 11) is 0. The monoisotopic (exact) mass is 376 g/mol. The van der Waals surface area contributed by atoms with Crippen LogP contribution in [0.3, 0.4) is 0 Å². The quantitative estimate of drug-likeness (QED) is 0.743. The molecule has 0 saturated carbocycles. The first-order valence-electron chi connectivity index (χ1n) is 9.22. The first kappa shape index (κ1) is 16.4. The molecular weight excluding hydrogens is 356 g/mol. The highest BCUT2D eigenvalue weighted by Gasteiger charge is 2.29. The molecule has 2 aliphatic heterocycles. The normalized spacial score (nSPS) is 17.8. The third-order valence-corrected chi connectivity index (χ3v) is 6.27. The van der Waals surface area contributed by atoms with Crippen LogP contribution in [-0.2, 0) is 24.2 Å². The number of rotatable bonds is 3. The summed E-state index contributed by atoms with van der Waals surface area (Å²) in [4.78, 5) is 16.6. The highest BCUT2D eigenvalue weighted by atomic mass is 32.1. The predicted molar refractivity (Wildman–Crippen MR) is 109 cm³/mol. The second kappa shape index (κ2) is 6.74. The molecule has 2 aliphatic rings. The number of carbonyl (C=O) groups excluding carboxylic acids is 1. The molecule has 0 fully saturated rings. The number of para-hydroxylation sites is 3. The zero-order valence-corrected chi connectivity index (χ0v) is 15.7.